The maximum absolute atomic E-state index is 13.0. The summed E-state index contributed by atoms with van der Waals surface area (Å²) in [5.74, 6) is 1.27. The number of hydrogen-bond acceptors (Lipinski definition) is 7. The minimum absolute atomic E-state index is 0.242. The Hall–Kier alpha value is -3.52. The Labute approximate surface area is 195 Å². The van der Waals surface area contributed by atoms with Crippen LogP contribution in [0.15, 0.2) is 58.1 Å². The highest BCUT2D eigenvalue weighted by atomic mass is 32.1. The van der Waals surface area contributed by atoms with Crippen LogP contribution in [0.5, 0.6) is 11.5 Å². The van der Waals surface area contributed by atoms with Gasteiger partial charge in [0.2, 0.25) is 4.96 Å². The molecule has 0 atom stereocenters. The number of fused-ring (bicyclic) bond motifs is 1. The first-order chi connectivity index (χ1) is 16.1. The van der Waals surface area contributed by atoms with E-state index < -0.39 is 5.56 Å². The Morgan fingerprint density at radius 3 is 2.64 bits per heavy atom. The van der Waals surface area contributed by atoms with Crippen LogP contribution < -0.4 is 25.1 Å². The first-order valence-corrected chi connectivity index (χ1v) is 11.7. The second kappa shape index (κ2) is 10.4. The number of rotatable bonds is 9. The van der Waals surface area contributed by atoms with Crippen LogP contribution in [0.25, 0.3) is 11.0 Å². The Balaban J connectivity index is 1.65. The van der Waals surface area contributed by atoms with Crippen molar-refractivity contribution in [2.45, 2.75) is 32.6 Å². The molecule has 170 valence electrons. The molecule has 0 saturated carbocycles. The lowest BCUT2D eigenvalue weighted by molar-refractivity contribution is 0.286. The van der Waals surface area contributed by atoms with Gasteiger partial charge < -0.3 is 9.47 Å². The van der Waals surface area contributed by atoms with Crippen molar-refractivity contribution in [3.63, 3.8) is 0 Å². The van der Waals surface area contributed by atoms with E-state index >= 15 is 0 Å². The second-order valence-electron chi connectivity index (χ2n) is 7.60. The van der Waals surface area contributed by atoms with Crippen LogP contribution in [0, 0.1) is 0 Å². The molecular weight excluding hydrogens is 438 g/mol. The molecule has 0 bridgehead atoms. The molecule has 0 aliphatic heterocycles. The average Bonchev–Trinajstić information content (AvgIpc) is 3.12. The highest BCUT2D eigenvalue weighted by molar-refractivity contribution is 7.15. The van der Waals surface area contributed by atoms with Gasteiger partial charge in [-0.2, -0.15) is 14.6 Å². The lowest BCUT2D eigenvalue weighted by Gasteiger charge is -2.11. The Morgan fingerprint density at radius 1 is 1.06 bits per heavy atom. The lowest BCUT2D eigenvalue weighted by Crippen LogP contribution is -2.28. The Morgan fingerprint density at radius 2 is 1.88 bits per heavy atom. The van der Waals surface area contributed by atoms with Crippen LogP contribution in [0.1, 0.15) is 43.0 Å². The molecular formula is C25H25N3O4S. The molecule has 0 unspecified atom stereocenters. The number of unbranched alkanes of at least 4 members (excludes halogenated alkanes) is 2. The van der Waals surface area contributed by atoms with Crippen LogP contribution in [-0.2, 0) is 6.42 Å². The molecule has 4 rings (SSSR count). The topological polar surface area (TPSA) is 82.8 Å². The van der Waals surface area contributed by atoms with Crippen molar-refractivity contribution in [3.8, 4) is 11.5 Å². The molecule has 0 radical (unpaired) electrons. The summed E-state index contributed by atoms with van der Waals surface area (Å²) < 4.78 is 12.9. The van der Waals surface area contributed by atoms with Crippen LogP contribution >= 0.6 is 11.3 Å². The van der Waals surface area contributed by atoms with Gasteiger partial charge in [-0.15, -0.1) is 0 Å². The van der Waals surface area contributed by atoms with E-state index in [1.54, 1.807) is 13.2 Å². The molecule has 0 aliphatic carbocycles. The molecule has 7 nitrogen and oxygen atoms in total. The highest BCUT2D eigenvalue weighted by Crippen LogP contribution is 2.28. The second-order valence-corrected chi connectivity index (χ2v) is 8.61. The number of hydrogen-bond donors (Lipinski definition) is 0. The molecule has 4 aromatic rings. The van der Waals surface area contributed by atoms with E-state index in [9.17, 15) is 9.59 Å². The lowest BCUT2D eigenvalue weighted by atomic mass is 10.1. The molecule has 0 fully saturated rings. The molecule has 0 aliphatic rings. The maximum atomic E-state index is 13.0. The van der Waals surface area contributed by atoms with Crippen molar-refractivity contribution in [1.82, 2.24) is 14.6 Å². The summed E-state index contributed by atoms with van der Waals surface area (Å²) in [6, 6.07) is 15.0. The summed E-state index contributed by atoms with van der Waals surface area (Å²) in [7, 11) is 1.59. The summed E-state index contributed by atoms with van der Waals surface area (Å²) in [6.07, 6.45) is 5.30. The van der Waals surface area contributed by atoms with Gasteiger partial charge in [0.25, 0.3) is 11.1 Å². The number of nitrogens with zero attached hydrogens (tertiary/aromatic N) is 3. The molecule has 0 amide bonds. The first kappa shape index (κ1) is 22.7. The van der Waals surface area contributed by atoms with E-state index in [2.05, 4.69) is 17.0 Å². The molecule has 0 saturated heterocycles. The summed E-state index contributed by atoms with van der Waals surface area (Å²) in [4.78, 5) is 29.8. The average molecular weight is 464 g/mol. The predicted molar refractivity (Wildman–Crippen MR) is 129 cm³/mol. The Kier molecular flexibility index (Phi) is 7.14. The third kappa shape index (κ3) is 5.28. The van der Waals surface area contributed by atoms with Crippen LogP contribution in [-0.4, -0.2) is 28.3 Å². The van der Waals surface area contributed by atoms with E-state index in [4.69, 9.17) is 9.47 Å². The predicted octanol–water partition coefficient (Wildman–Crippen LogP) is 3.23. The molecule has 2 heterocycles. The molecule has 33 heavy (non-hydrogen) atoms. The monoisotopic (exact) mass is 463 g/mol. The largest absolute Gasteiger partial charge is 0.493 e. The van der Waals surface area contributed by atoms with E-state index in [-0.39, 0.29) is 16.2 Å². The van der Waals surface area contributed by atoms with Gasteiger partial charge in [0, 0.05) is 6.42 Å². The van der Waals surface area contributed by atoms with Crippen molar-refractivity contribution in [2.24, 2.45) is 0 Å². The number of ether oxygens (including phenoxy) is 2. The number of aromatic nitrogens is 3. The molecule has 0 N–H and O–H groups in total. The highest BCUT2D eigenvalue weighted by Gasteiger charge is 2.12. The summed E-state index contributed by atoms with van der Waals surface area (Å²) in [5.41, 5.74) is 1.23. The van der Waals surface area contributed by atoms with Gasteiger partial charge in [0.1, 0.15) is 5.69 Å². The van der Waals surface area contributed by atoms with Gasteiger partial charge in [-0.1, -0.05) is 67.5 Å². The van der Waals surface area contributed by atoms with Gasteiger partial charge in [-0.25, -0.2) is 0 Å². The van der Waals surface area contributed by atoms with Crippen molar-refractivity contribution >= 4 is 22.4 Å². The van der Waals surface area contributed by atoms with Crippen molar-refractivity contribution in [1.29, 1.82) is 0 Å². The zero-order chi connectivity index (χ0) is 23.2. The summed E-state index contributed by atoms with van der Waals surface area (Å²) in [5, 5.41) is 4.30. The normalized spacial score (nSPS) is 11.8. The summed E-state index contributed by atoms with van der Waals surface area (Å²) in [6.45, 7) is 2.78. The van der Waals surface area contributed by atoms with Crippen molar-refractivity contribution in [2.75, 3.05) is 13.7 Å². The third-order valence-electron chi connectivity index (χ3n) is 5.16. The standard InChI is InChI=1S/C25H25N3O4S/c1-3-4-8-13-32-20-12-11-18(15-21(20)31-2)16-22-24(30)28-25(33-22)26-23(29)19(27-28)14-17-9-6-5-7-10-17/h5-7,9-12,15-16H,3-4,8,13-14H2,1-2H3/b22-16+. The van der Waals surface area contributed by atoms with Crippen LogP contribution in [0.3, 0.4) is 0 Å². The molecule has 8 heteroatoms. The number of methoxy groups -OCH3 is 1. The minimum atomic E-state index is -0.419. The Bertz CT molecular complexity index is 1410. The first-order valence-electron chi connectivity index (χ1n) is 10.9. The van der Waals surface area contributed by atoms with Gasteiger partial charge in [0.05, 0.1) is 18.2 Å². The van der Waals surface area contributed by atoms with Crippen molar-refractivity contribution < 1.29 is 9.47 Å². The SMILES string of the molecule is CCCCCOc1ccc(/C=c2/sc3nc(=O)c(Cc4ccccc4)nn3c2=O)cc1OC. The van der Waals surface area contributed by atoms with Gasteiger partial charge in [0.15, 0.2) is 11.5 Å². The molecule has 2 aromatic carbocycles. The minimum Gasteiger partial charge on any atom is -0.493 e. The quantitative estimate of drug-likeness (QED) is 0.355. The van der Waals surface area contributed by atoms with Crippen molar-refractivity contribution in [3.05, 3.63) is 90.6 Å². The van der Waals surface area contributed by atoms with Gasteiger partial charge >= 0.3 is 0 Å². The fraction of sp³-hybridized carbons (Fsp3) is 0.280. The van der Waals surface area contributed by atoms with E-state index in [0.717, 1.165) is 41.7 Å². The zero-order valence-electron chi connectivity index (χ0n) is 18.6. The molecule has 2 aromatic heterocycles. The fourth-order valence-corrected chi connectivity index (χ4v) is 4.32. The molecule has 0 spiro atoms. The summed E-state index contributed by atoms with van der Waals surface area (Å²) >= 11 is 1.13. The zero-order valence-corrected chi connectivity index (χ0v) is 19.4. The van der Waals surface area contributed by atoms with Gasteiger partial charge in [-0.05, 0) is 35.8 Å². The smallest absolute Gasteiger partial charge is 0.296 e. The van der Waals surface area contributed by atoms with E-state index in [1.807, 2.05) is 48.5 Å². The van der Waals surface area contributed by atoms with Gasteiger partial charge in [-0.3, -0.25) is 9.59 Å². The number of benzene rings is 2. The number of thiazole rings is 1. The maximum Gasteiger partial charge on any atom is 0.296 e. The van der Waals surface area contributed by atoms with E-state index in [0.29, 0.717) is 29.1 Å². The van der Waals surface area contributed by atoms with E-state index in [1.165, 1.54) is 4.52 Å². The fourth-order valence-electron chi connectivity index (χ4n) is 3.42. The third-order valence-corrected chi connectivity index (χ3v) is 6.11. The van der Waals surface area contributed by atoms with Crippen LogP contribution in [0.2, 0.25) is 0 Å². The van der Waals surface area contributed by atoms with Crippen LogP contribution in [0.4, 0.5) is 0 Å².